The van der Waals surface area contributed by atoms with Crippen molar-refractivity contribution >= 4 is 16.7 Å². The minimum absolute atomic E-state index is 0. The van der Waals surface area contributed by atoms with Crippen LogP contribution in [0.2, 0.25) is 0 Å². The van der Waals surface area contributed by atoms with Crippen LogP contribution < -0.4 is 4.52 Å². The molecule has 0 saturated heterocycles. The molecule has 4 aromatic carbocycles. The van der Waals surface area contributed by atoms with E-state index in [1.807, 2.05) is 47.1 Å². The third kappa shape index (κ3) is 3.97. The van der Waals surface area contributed by atoms with Crippen LogP contribution in [-0.2, 0) is 20.1 Å². The third-order valence-corrected chi connectivity index (χ3v) is 6.40. The number of hydrogen-bond acceptors (Lipinski definition) is 3. The molecule has 0 amide bonds. The summed E-state index contributed by atoms with van der Waals surface area (Å²) in [6.07, 6.45) is 3.43. The molecule has 0 aliphatic heterocycles. The third-order valence-electron chi connectivity index (χ3n) is 6.40. The van der Waals surface area contributed by atoms with Crippen LogP contribution in [0, 0.1) is 6.07 Å². The molecule has 6 heteroatoms. The van der Waals surface area contributed by atoms with Crippen LogP contribution in [0.15, 0.2) is 126 Å². The van der Waals surface area contributed by atoms with Gasteiger partial charge in [0.15, 0.2) is 12.2 Å². The molecule has 0 unspecified atom stereocenters. The predicted octanol–water partition coefficient (Wildman–Crippen LogP) is 6.55. The fourth-order valence-corrected chi connectivity index (χ4v) is 4.75. The second kappa shape index (κ2) is 9.58. The molecule has 0 aliphatic carbocycles. The summed E-state index contributed by atoms with van der Waals surface area (Å²) in [5.74, 6) is 0.770. The fraction of sp³-hybridized carbons (Fsp3) is 0. The molecule has 3 aromatic heterocycles. The van der Waals surface area contributed by atoms with Gasteiger partial charge in [-0.1, -0.05) is 95.6 Å². The molecule has 37 heavy (non-hydrogen) atoms. The summed E-state index contributed by atoms with van der Waals surface area (Å²) >= 11 is 0. The topological polar surface area (TPSA) is 48.0 Å². The van der Waals surface area contributed by atoms with E-state index >= 15 is 0 Å². The predicted molar refractivity (Wildman–Crippen MR) is 139 cm³/mol. The molecular weight excluding hydrogens is 637 g/mol. The summed E-state index contributed by atoms with van der Waals surface area (Å²) in [6, 6.07) is 40.7. The van der Waals surface area contributed by atoms with Crippen LogP contribution in [0.1, 0.15) is 0 Å². The van der Waals surface area contributed by atoms with E-state index in [9.17, 15) is 0 Å². The molecule has 1 radical (unpaired) electrons. The van der Waals surface area contributed by atoms with Gasteiger partial charge in [0.2, 0.25) is 0 Å². The first-order valence-corrected chi connectivity index (χ1v) is 11.8. The van der Waals surface area contributed by atoms with Gasteiger partial charge < -0.3 is 4.42 Å². The molecule has 0 saturated carbocycles. The van der Waals surface area contributed by atoms with E-state index in [2.05, 4.69) is 88.4 Å². The summed E-state index contributed by atoms with van der Waals surface area (Å²) in [7, 11) is 0. The SMILES string of the molecule is [Ir].[c-]1cc2ocnc2cc1-c1n[n+]2ccccc2n1-c1c(-c2ccccc2)cccc1-c1ccccc1. The standard InChI is InChI=1S/C31H20N4O.Ir/c1-3-10-22(11-4-1)25-14-9-15-26(23-12-5-2-6-13-23)30(25)35-29-16-7-8-19-34(29)33-31(35)24-17-18-28-27(20-24)32-21-36-28;/h1-16,18-21H;. The Kier molecular flexibility index (Phi) is 5.97. The van der Waals surface area contributed by atoms with Crippen molar-refractivity contribution in [1.29, 1.82) is 0 Å². The molecule has 7 rings (SSSR count). The Hall–Kier alpha value is -4.38. The van der Waals surface area contributed by atoms with Crippen molar-refractivity contribution in [3.05, 3.63) is 128 Å². The van der Waals surface area contributed by atoms with Gasteiger partial charge in [-0.05, 0) is 17.2 Å². The van der Waals surface area contributed by atoms with Crippen LogP contribution in [0.5, 0.6) is 0 Å². The summed E-state index contributed by atoms with van der Waals surface area (Å²) in [6.45, 7) is 0. The van der Waals surface area contributed by atoms with Gasteiger partial charge in [-0.2, -0.15) is 0 Å². The van der Waals surface area contributed by atoms with E-state index in [0.29, 0.717) is 5.58 Å². The summed E-state index contributed by atoms with van der Waals surface area (Å²) < 4.78 is 9.60. The molecule has 0 spiro atoms. The van der Waals surface area contributed by atoms with Crippen molar-refractivity contribution in [1.82, 2.24) is 14.6 Å². The van der Waals surface area contributed by atoms with Gasteiger partial charge >= 0.3 is 5.65 Å². The minimum atomic E-state index is 0. The molecule has 0 atom stereocenters. The van der Waals surface area contributed by atoms with Gasteiger partial charge in [-0.25, -0.2) is 9.55 Å². The van der Waals surface area contributed by atoms with Crippen LogP contribution >= 0.6 is 0 Å². The zero-order valence-corrected chi connectivity index (χ0v) is 22.0. The van der Waals surface area contributed by atoms with E-state index in [1.165, 1.54) is 6.39 Å². The first-order chi connectivity index (χ1) is 17.9. The fourth-order valence-electron chi connectivity index (χ4n) is 4.75. The van der Waals surface area contributed by atoms with Gasteiger partial charge in [-0.15, -0.1) is 22.7 Å². The van der Waals surface area contributed by atoms with E-state index in [4.69, 9.17) is 9.52 Å². The van der Waals surface area contributed by atoms with E-state index < -0.39 is 0 Å². The van der Waals surface area contributed by atoms with Crippen molar-refractivity contribution in [3.8, 4) is 39.3 Å². The zero-order chi connectivity index (χ0) is 23.9. The molecule has 179 valence electrons. The molecule has 5 nitrogen and oxygen atoms in total. The number of oxazole rings is 1. The molecule has 0 aliphatic rings. The van der Waals surface area contributed by atoms with Crippen LogP contribution in [-0.4, -0.2) is 14.6 Å². The van der Waals surface area contributed by atoms with Gasteiger partial charge in [0, 0.05) is 42.8 Å². The van der Waals surface area contributed by atoms with E-state index in [-0.39, 0.29) is 20.1 Å². The second-order valence-electron chi connectivity index (χ2n) is 8.54. The molecule has 0 bridgehead atoms. The number of aromatic nitrogens is 4. The number of fused-ring (bicyclic) bond motifs is 2. The summed E-state index contributed by atoms with van der Waals surface area (Å²) in [5.41, 5.74) is 8.80. The van der Waals surface area contributed by atoms with E-state index in [1.54, 1.807) is 0 Å². The zero-order valence-electron chi connectivity index (χ0n) is 19.6. The van der Waals surface area contributed by atoms with Gasteiger partial charge in [-0.3, -0.25) is 0 Å². The second-order valence-corrected chi connectivity index (χ2v) is 8.54. The number of para-hydroxylation sites is 1. The number of pyridine rings is 1. The van der Waals surface area contributed by atoms with Crippen molar-refractivity contribution in [2.75, 3.05) is 0 Å². The van der Waals surface area contributed by atoms with Crippen molar-refractivity contribution in [2.24, 2.45) is 0 Å². The first-order valence-electron chi connectivity index (χ1n) is 11.8. The van der Waals surface area contributed by atoms with Crippen molar-refractivity contribution in [3.63, 3.8) is 0 Å². The van der Waals surface area contributed by atoms with E-state index in [0.717, 1.165) is 50.5 Å². The Morgan fingerprint density at radius 2 is 1.43 bits per heavy atom. The quantitative estimate of drug-likeness (QED) is 0.160. The summed E-state index contributed by atoms with van der Waals surface area (Å²) in [4.78, 5) is 4.36. The van der Waals surface area contributed by atoms with Gasteiger partial charge in [0.25, 0.3) is 0 Å². The summed E-state index contributed by atoms with van der Waals surface area (Å²) in [5, 5.41) is 5.01. The monoisotopic (exact) mass is 657 g/mol. The van der Waals surface area contributed by atoms with Crippen LogP contribution in [0.25, 0.3) is 56.1 Å². The number of benzene rings is 4. The van der Waals surface area contributed by atoms with Crippen LogP contribution in [0.4, 0.5) is 0 Å². The Morgan fingerprint density at radius 3 is 2.14 bits per heavy atom. The molecular formula is C31H20IrN4O. The molecule has 0 fully saturated rings. The number of rotatable bonds is 4. The minimum Gasteiger partial charge on any atom is -0.490 e. The number of nitrogens with zero attached hydrogens (tertiary/aromatic N) is 4. The maximum Gasteiger partial charge on any atom is 0.304 e. The Morgan fingerprint density at radius 1 is 0.757 bits per heavy atom. The Balaban J connectivity index is 0.00000252. The maximum atomic E-state index is 5.46. The van der Waals surface area contributed by atoms with Gasteiger partial charge in [0.05, 0.1) is 5.58 Å². The largest absolute Gasteiger partial charge is 0.490 e. The Labute approximate surface area is 227 Å². The van der Waals surface area contributed by atoms with Crippen molar-refractivity contribution in [2.45, 2.75) is 0 Å². The number of hydrogen-bond donors (Lipinski definition) is 0. The Bertz CT molecular complexity index is 1780. The van der Waals surface area contributed by atoms with Crippen molar-refractivity contribution < 1.29 is 29.0 Å². The average Bonchev–Trinajstić information content (AvgIpc) is 3.58. The van der Waals surface area contributed by atoms with Gasteiger partial charge in [0.1, 0.15) is 11.9 Å². The average molecular weight is 657 g/mol. The molecule has 7 aromatic rings. The molecule has 3 heterocycles. The first kappa shape index (κ1) is 23.0. The smallest absolute Gasteiger partial charge is 0.304 e. The maximum absolute atomic E-state index is 5.46. The van der Waals surface area contributed by atoms with Crippen LogP contribution in [0.3, 0.4) is 0 Å². The molecule has 0 N–H and O–H groups in total. The normalized spacial score (nSPS) is 11.0.